The normalized spacial score (nSPS) is 16.2. The first kappa shape index (κ1) is 23.9. The summed E-state index contributed by atoms with van der Waals surface area (Å²) in [6.45, 7) is 9.11. The largest absolute Gasteiger partial charge is 0.481 e. The number of hydrogen-bond acceptors (Lipinski definition) is 4. The van der Waals surface area contributed by atoms with Gasteiger partial charge in [0.2, 0.25) is 0 Å². The number of carbonyl (C=O) groups excluding carboxylic acids is 1. The summed E-state index contributed by atoms with van der Waals surface area (Å²) in [5.74, 6) is 1.42. The Morgan fingerprint density at radius 1 is 1.16 bits per heavy atom. The number of hydrogen-bond donors (Lipinski definition) is 1. The number of nitrogens with zero attached hydrogens (tertiary/aromatic N) is 2. The molecule has 3 rings (SSSR count). The van der Waals surface area contributed by atoms with Crippen LogP contribution in [-0.2, 0) is 11.0 Å². The average Bonchev–Trinajstić information content (AvgIpc) is 2.75. The van der Waals surface area contributed by atoms with Crippen molar-refractivity contribution < 1.29 is 22.7 Å². The lowest BCUT2D eigenvalue weighted by molar-refractivity contribution is -0.137. The number of nitrogens with one attached hydrogen (secondary N) is 1. The Kier molecular flexibility index (Phi) is 7.31. The first-order valence-electron chi connectivity index (χ1n) is 10.9. The summed E-state index contributed by atoms with van der Waals surface area (Å²) in [4.78, 5) is 18.6. The second kappa shape index (κ2) is 9.79. The van der Waals surface area contributed by atoms with Crippen LogP contribution in [0.3, 0.4) is 0 Å². The van der Waals surface area contributed by atoms with Gasteiger partial charge in [0.25, 0.3) is 5.91 Å². The lowest BCUT2D eigenvalue weighted by atomic mass is 10.0. The molecule has 1 fully saturated rings. The maximum Gasteiger partial charge on any atom is 0.417 e. The van der Waals surface area contributed by atoms with E-state index in [-0.39, 0.29) is 11.9 Å². The molecule has 2 heterocycles. The fourth-order valence-corrected chi connectivity index (χ4v) is 3.66. The molecular formula is C24H30F3N3O2. The molecule has 1 aliphatic heterocycles. The summed E-state index contributed by atoms with van der Waals surface area (Å²) >= 11 is 0. The number of carbonyl (C=O) groups is 1. The van der Waals surface area contributed by atoms with Crippen LogP contribution in [0.15, 0.2) is 36.5 Å². The third-order valence-corrected chi connectivity index (χ3v) is 5.79. The molecule has 1 atom stereocenters. The van der Waals surface area contributed by atoms with Gasteiger partial charge in [0.05, 0.1) is 5.56 Å². The second-order valence-electron chi connectivity index (χ2n) is 8.61. The SMILES string of the molecule is Cc1ccc(C(C)C)cc1OC(C)C(=O)NC1CCN(c2ccc(C(F)(F)F)cn2)CC1. The van der Waals surface area contributed by atoms with Gasteiger partial charge in [0.1, 0.15) is 11.6 Å². The summed E-state index contributed by atoms with van der Waals surface area (Å²) < 4.78 is 44.1. The van der Waals surface area contributed by atoms with Crippen molar-refractivity contribution >= 4 is 11.7 Å². The van der Waals surface area contributed by atoms with E-state index in [0.717, 1.165) is 23.4 Å². The summed E-state index contributed by atoms with van der Waals surface area (Å²) in [6.07, 6.45) is -2.80. The minimum atomic E-state index is -4.39. The van der Waals surface area contributed by atoms with Crippen molar-refractivity contribution in [1.29, 1.82) is 0 Å². The van der Waals surface area contributed by atoms with Crippen LogP contribution in [0, 0.1) is 6.92 Å². The molecule has 0 spiro atoms. The van der Waals surface area contributed by atoms with Gasteiger partial charge in [-0.2, -0.15) is 13.2 Å². The Labute approximate surface area is 187 Å². The molecule has 32 heavy (non-hydrogen) atoms. The zero-order chi connectivity index (χ0) is 23.5. The zero-order valence-corrected chi connectivity index (χ0v) is 18.9. The number of ether oxygens (including phenoxy) is 1. The second-order valence-corrected chi connectivity index (χ2v) is 8.61. The third-order valence-electron chi connectivity index (χ3n) is 5.79. The number of benzene rings is 1. The molecule has 1 aromatic heterocycles. The predicted molar refractivity (Wildman–Crippen MR) is 118 cm³/mol. The van der Waals surface area contributed by atoms with Gasteiger partial charge < -0.3 is 15.0 Å². The third kappa shape index (κ3) is 5.93. The molecule has 0 bridgehead atoms. The Hall–Kier alpha value is -2.77. The van der Waals surface area contributed by atoms with Gasteiger partial charge in [-0.25, -0.2) is 4.98 Å². The smallest absolute Gasteiger partial charge is 0.417 e. The highest BCUT2D eigenvalue weighted by Crippen LogP contribution is 2.30. The Balaban J connectivity index is 1.51. The molecular weight excluding hydrogens is 419 g/mol. The predicted octanol–water partition coefficient (Wildman–Crippen LogP) is 5.08. The molecule has 5 nitrogen and oxygen atoms in total. The maximum absolute atomic E-state index is 12.7. The van der Waals surface area contributed by atoms with Gasteiger partial charge in [-0.3, -0.25) is 4.79 Å². The van der Waals surface area contributed by atoms with Crippen LogP contribution in [-0.4, -0.2) is 36.1 Å². The number of rotatable bonds is 6. The molecule has 2 aromatic rings. The maximum atomic E-state index is 12.7. The van der Waals surface area contributed by atoms with E-state index in [1.807, 2.05) is 24.0 Å². The number of amides is 1. The number of alkyl halides is 3. The monoisotopic (exact) mass is 449 g/mol. The Morgan fingerprint density at radius 3 is 2.41 bits per heavy atom. The van der Waals surface area contributed by atoms with Crippen LogP contribution >= 0.6 is 0 Å². The van der Waals surface area contributed by atoms with E-state index in [0.29, 0.717) is 43.4 Å². The highest BCUT2D eigenvalue weighted by molar-refractivity contribution is 5.81. The fourth-order valence-electron chi connectivity index (χ4n) is 3.66. The van der Waals surface area contributed by atoms with Crippen molar-refractivity contribution in [2.24, 2.45) is 0 Å². The number of piperidine rings is 1. The number of aryl methyl sites for hydroxylation is 1. The number of halogens is 3. The molecule has 1 aromatic carbocycles. The lowest BCUT2D eigenvalue weighted by Crippen LogP contribution is -2.48. The Bertz CT molecular complexity index is 921. The molecule has 0 saturated carbocycles. The van der Waals surface area contributed by atoms with E-state index in [2.05, 4.69) is 30.2 Å². The summed E-state index contributed by atoms with van der Waals surface area (Å²) in [6, 6.07) is 8.48. The minimum Gasteiger partial charge on any atom is -0.481 e. The highest BCUT2D eigenvalue weighted by atomic mass is 19.4. The van der Waals surface area contributed by atoms with Crippen LogP contribution in [0.2, 0.25) is 0 Å². The highest BCUT2D eigenvalue weighted by Gasteiger charge is 2.31. The van der Waals surface area contributed by atoms with Gasteiger partial charge in [-0.1, -0.05) is 26.0 Å². The molecule has 8 heteroatoms. The fraction of sp³-hybridized carbons (Fsp3) is 0.500. The Morgan fingerprint density at radius 2 is 1.84 bits per heavy atom. The van der Waals surface area contributed by atoms with Crippen molar-refractivity contribution in [2.75, 3.05) is 18.0 Å². The van der Waals surface area contributed by atoms with Gasteiger partial charge in [0, 0.05) is 25.3 Å². The molecule has 1 aliphatic rings. The van der Waals surface area contributed by atoms with E-state index in [9.17, 15) is 18.0 Å². The minimum absolute atomic E-state index is 0.0117. The molecule has 1 amide bonds. The first-order valence-corrected chi connectivity index (χ1v) is 10.9. The van der Waals surface area contributed by atoms with Crippen molar-refractivity contribution in [2.45, 2.75) is 64.8 Å². The van der Waals surface area contributed by atoms with E-state index in [1.54, 1.807) is 6.92 Å². The number of anilines is 1. The summed E-state index contributed by atoms with van der Waals surface area (Å²) in [5, 5.41) is 3.04. The molecule has 1 saturated heterocycles. The van der Waals surface area contributed by atoms with Crippen molar-refractivity contribution in [3.63, 3.8) is 0 Å². The van der Waals surface area contributed by atoms with E-state index in [4.69, 9.17) is 4.74 Å². The molecule has 0 radical (unpaired) electrons. The quantitative estimate of drug-likeness (QED) is 0.668. The standard InChI is InChI=1S/C24H30F3N3O2/c1-15(2)18-6-5-16(3)21(13-18)32-17(4)23(31)29-20-9-11-30(12-10-20)22-8-7-19(14-28-22)24(25,26)27/h5-8,13-15,17,20H,9-12H2,1-4H3,(H,29,31). The van der Waals surface area contributed by atoms with Crippen molar-refractivity contribution in [3.8, 4) is 5.75 Å². The van der Waals surface area contributed by atoms with Crippen LogP contribution in [0.1, 0.15) is 56.2 Å². The van der Waals surface area contributed by atoms with Gasteiger partial charge in [-0.15, -0.1) is 0 Å². The lowest BCUT2D eigenvalue weighted by Gasteiger charge is -2.33. The molecule has 0 aliphatic carbocycles. The van der Waals surface area contributed by atoms with Crippen LogP contribution in [0.5, 0.6) is 5.75 Å². The van der Waals surface area contributed by atoms with Crippen molar-refractivity contribution in [3.05, 3.63) is 53.2 Å². The molecule has 1 unspecified atom stereocenters. The number of pyridine rings is 1. The van der Waals surface area contributed by atoms with Crippen LogP contribution in [0.25, 0.3) is 0 Å². The van der Waals surface area contributed by atoms with E-state index < -0.39 is 17.8 Å². The average molecular weight is 450 g/mol. The van der Waals surface area contributed by atoms with E-state index >= 15 is 0 Å². The molecule has 1 N–H and O–H groups in total. The van der Waals surface area contributed by atoms with Crippen LogP contribution in [0.4, 0.5) is 19.0 Å². The van der Waals surface area contributed by atoms with E-state index in [1.165, 1.54) is 6.07 Å². The first-order chi connectivity index (χ1) is 15.0. The summed E-state index contributed by atoms with van der Waals surface area (Å²) in [5.41, 5.74) is 1.38. The van der Waals surface area contributed by atoms with Gasteiger partial charge in [-0.05, 0) is 61.9 Å². The van der Waals surface area contributed by atoms with Crippen LogP contribution < -0.4 is 15.0 Å². The van der Waals surface area contributed by atoms with Gasteiger partial charge >= 0.3 is 6.18 Å². The molecule has 174 valence electrons. The topological polar surface area (TPSA) is 54.5 Å². The van der Waals surface area contributed by atoms with Crippen molar-refractivity contribution in [1.82, 2.24) is 10.3 Å². The summed E-state index contributed by atoms with van der Waals surface area (Å²) in [7, 11) is 0. The number of aromatic nitrogens is 1. The zero-order valence-electron chi connectivity index (χ0n) is 18.9. The van der Waals surface area contributed by atoms with Gasteiger partial charge in [0.15, 0.2) is 6.10 Å².